The molecule has 0 aromatic heterocycles. The number of carbonyl (C=O) groups is 3. The molecule has 0 spiro atoms. The number of methoxy groups -OCH3 is 1. The molecule has 1 unspecified atom stereocenters. The fourth-order valence-corrected chi connectivity index (χ4v) is 5.20. The Morgan fingerprint density at radius 3 is 2.39 bits per heavy atom. The molecule has 4 rings (SSSR count). The molecule has 206 valence electrons. The molecular weight excluding hydrogens is 508 g/mol. The molecule has 38 heavy (non-hydrogen) atoms. The maximum atomic E-state index is 13.8. The van der Waals surface area contributed by atoms with E-state index in [4.69, 9.17) is 10.1 Å². The molecule has 3 N–H and O–H groups in total. The zero-order valence-electron chi connectivity index (χ0n) is 21.7. The van der Waals surface area contributed by atoms with Crippen molar-refractivity contribution in [1.29, 1.82) is 5.41 Å². The number of allylic oxidation sites excluding steroid dienone is 3. The summed E-state index contributed by atoms with van der Waals surface area (Å²) in [5, 5.41) is 14.3. The first-order valence-electron chi connectivity index (χ1n) is 13.0. The van der Waals surface area contributed by atoms with Gasteiger partial charge in [-0.1, -0.05) is 48.6 Å². The summed E-state index contributed by atoms with van der Waals surface area (Å²) in [5.74, 6) is -0.444. The molecule has 2 aliphatic heterocycles. The van der Waals surface area contributed by atoms with Crippen LogP contribution in [0, 0.1) is 16.7 Å². The second-order valence-corrected chi connectivity index (χ2v) is 9.90. The Hall–Kier alpha value is -3.17. The number of piperidine rings is 2. The smallest absolute Gasteiger partial charge is 0.412 e. The molecule has 2 fully saturated rings. The van der Waals surface area contributed by atoms with E-state index < -0.39 is 11.5 Å². The van der Waals surface area contributed by atoms with Crippen molar-refractivity contribution in [3.8, 4) is 0 Å². The highest BCUT2D eigenvalue weighted by Crippen LogP contribution is 2.37. The van der Waals surface area contributed by atoms with E-state index in [1.54, 1.807) is 11.0 Å². The minimum atomic E-state index is -1.33. The zero-order valence-corrected chi connectivity index (χ0v) is 22.6. The lowest BCUT2D eigenvalue weighted by atomic mass is 9.76. The second kappa shape index (κ2) is 13.6. The molecule has 2 saturated heterocycles. The average molecular weight is 545 g/mol. The number of amides is 2. The number of hydrogen-bond acceptors (Lipinski definition) is 7. The standard InChI is InChI=1S/C28H36N4O5.ClH/c1-36-27(35)31-25(29)28(13-7-22(8-14-28)21-5-3-2-4-6-21)26(34)32-17-11-20(12-18-32)19-24(33)37-23-9-15-30-16-10-23;/h2-8,13,20,23,30H,9-12,14-19H2,1H3,(H2,29,31,35);1H. The topological polar surface area (TPSA) is 121 Å². The lowest BCUT2D eigenvalue weighted by Crippen LogP contribution is -2.54. The van der Waals surface area contributed by atoms with Crippen LogP contribution in [0.1, 0.15) is 44.1 Å². The van der Waals surface area contributed by atoms with Crippen molar-refractivity contribution in [3.63, 3.8) is 0 Å². The largest absolute Gasteiger partial charge is 0.462 e. The summed E-state index contributed by atoms with van der Waals surface area (Å²) < 4.78 is 10.3. The normalized spacial score (nSPS) is 22.0. The van der Waals surface area contributed by atoms with E-state index in [0.29, 0.717) is 32.4 Å². The van der Waals surface area contributed by atoms with E-state index >= 15 is 0 Å². The van der Waals surface area contributed by atoms with Crippen molar-refractivity contribution in [1.82, 2.24) is 15.5 Å². The van der Waals surface area contributed by atoms with Crippen LogP contribution in [0.2, 0.25) is 0 Å². The Bertz CT molecular complexity index is 1060. The van der Waals surface area contributed by atoms with Crippen molar-refractivity contribution in [3.05, 3.63) is 54.1 Å². The third-order valence-corrected chi connectivity index (χ3v) is 7.48. The number of ether oxygens (including phenoxy) is 2. The van der Waals surface area contributed by atoms with E-state index in [2.05, 4.69) is 15.4 Å². The van der Waals surface area contributed by atoms with Gasteiger partial charge in [0.15, 0.2) is 0 Å². The van der Waals surface area contributed by atoms with Gasteiger partial charge in [0.2, 0.25) is 5.91 Å². The van der Waals surface area contributed by atoms with Gasteiger partial charge in [0.05, 0.1) is 7.11 Å². The van der Waals surface area contributed by atoms with E-state index in [1.807, 2.05) is 42.5 Å². The highest BCUT2D eigenvalue weighted by Gasteiger charge is 2.45. The van der Waals surface area contributed by atoms with Crippen LogP contribution in [0.15, 0.2) is 48.6 Å². The van der Waals surface area contributed by atoms with Crippen LogP contribution >= 0.6 is 12.4 Å². The van der Waals surface area contributed by atoms with Crippen LogP contribution < -0.4 is 10.6 Å². The summed E-state index contributed by atoms with van der Waals surface area (Å²) in [6, 6.07) is 9.82. The molecule has 1 aromatic carbocycles. The van der Waals surface area contributed by atoms with Crippen LogP contribution in [0.3, 0.4) is 0 Å². The fraction of sp³-hybridized carbons (Fsp3) is 0.500. The summed E-state index contributed by atoms with van der Waals surface area (Å²) in [6.45, 7) is 2.72. The molecular formula is C28H37ClN4O5. The van der Waals surface area contributed by atoms with Crippen molar-refractivity contribution >= 4 is 41.8 Å². The van der Waals surface area contributed by atoms with Gasteiger partial charge in [-0.3, -0.25) is 20.3 Å². The maximum Gasteiger partial charge on any atom is 0.412 e. The summed E-state index contributed by atoms with van der Waals surface area (Å²) in [4.78, 5) is 39.9. The monoisotopic (exact) mass is 544 g/mol. The summed E-state index contributed by atoms with van der Waals surface area (Å²) in [7, 11) is 1.22. The van der Waals surface area contributed by atoms with Gasteiger partial charge in [-0.2, -0.15) is 0 Å². The fourth-order valence-electron chi connectivity index (χ4n) is 5.20. The van der Waals surface area contributed by atoms with E-state index in [1.165, 1.54) is 7.11 Å². The van der Waals surface area contributed by atoms with Gasteiger partial charge in [-0.25, -0.2) is 4.79 Å². The van der Waals surface area contributed by atoms with E-state index in [0.717, 1.165) is 37.1 Å². The van der Waals surface area contributed by atoms with Crippen molar-refractivity contribution in [2.75, 3.05) is 33.3 Å². The Labute approximate surface area is 229 Å². The molecule has 2 amide bonds. The number of nitrogens with zero attached hydrogens (tertiary/aromatic N) is 1. The molecule has 1 aromatic rings. The van der Waals surface area contributed by atoms with Crippen LogP contribution in [0.4, 0.5) is 4.79 Å². The maximum absolute atomic E-state index is 13.8. The van der Waals surface area contributed by atoms with Crippen molar-refractivity contribution < 1.29 is 23.9 Å². The quantitative estimate of drug-likeness (QED) is 0.285. The Morgan fingerprint density at radius 1 is 1.11 bits per heavy atom. The number of amidine groups is 1. The molecule has 0 saturated carbocycles. The third-order valence-electron chi connectivity index (χ3n) is 7.48. The van der Waals surface area contributed by atoms with Crippen LogP contribution in [-0.2, 0) is 19.1 Å². The first kappa shape index (κ1) is 29.4. The number of esters is 1. The van der Waals surface area contributed by atoms with E-state index in [9.17, 15) is 14.4 Å². The van der Waals surface area contributed by atoms with Crippen molar-refractivity contribution in [2.24, 2.45) is 11.3 Å². The predicted molar refractivity (Wildman–Crippen MR) is 147 cm³/mol. The summed E-state index contributed by atoms with van der Waals surface area (Å²) >= 11 is 0. The number of nitrogens with one attached hydrogen (secondary N) is 3. The Balaban J connectivity index is 0.00000400. The van der Waals surface area contributed by atoms with Gasteiger partial charge < -0.3 is 19.7 Å². The van der Waals surface area contributed by atoms with Gasteiger partial charge in [0.1, 0.15) is 17.4 Å². The molecule has 0 bridgehead atoms. The molecule has 9 nitrogen and oxygen atoms in total. The summed E-state index contributed by atoms with van der Waals surface area (Å²) in [5.41, 5.74) is 0.651. The first-order valence-corrected chi connectivity index (χ1v) is 13.0. The highest BCUT2D eigenvalue weighted by atomic mass is 35.5. The predicted octanol–water partition coefficient (Wildman–Crippen LogP) is 3.70. The number of alkyl carbamates (subject to hydrolysis) is 1. The molecule has 1 atom stereocenters. The molecule has 0 radical (unpaired) electrons. The third kappa shape index (κ3) is 7.02. The number of likely N-dealkylation sites (tertiary alicyclic amines) is 1. The van der Waals surface area contributed by atoms with Gasteiger partial charge >= 0.3 is 12.1 Å². The van der Waals surface area contributed by atoms with Gasteiger partial charge in [-0.05, 0) is 62.2 Å². The van der Waals surface area contributed by atoms with Crippen molar-refractivity contribution in [2.45, 2.75) is 44.6 Å². The lowest BCUT2D eigenvalue weighted by Gasteiger charge is -2.39. The van der Waals surface area contributed by atoms with Crippen LogP contribution in [0.25, 0.3) is 5.57 Å². The van der Waals surface area contributed by atoms with E-state index in [-0.39, 0.29) is 48.6 Å². The van der Waals surface area contributed by atoms with Crippen LogP contribution in [0.5, 0.6) is 0 Å². The lowest BCUT2D eigenvalue weighted by molar-refractivity contribution is -0.151. The molecule has 2 heterocycles. The number of benzene rings is 1. The molecule has 3 aliphatic rings. The average Bonchev–Trinajstić information content (AvgIpc) is 2.94. The Morgan fingerprint density at radius 2 is 1.79 bits per heavy atom. The zero-order chi connectivity index (χ0) is 26.3. The SMILES string of the molecule is COC(=O)NC(=N)C1(C(=O)N2CCC(CC(=O)OC3CCNCC3)CC2)C=CC(c2ccccc2)=CC1.Cl. The Kier molecular flexibility index (Phi) is 10.5. The number of rotatable bonds is 6. The number of halogens is 1. The first-order chi connectivity index (χ1) is 17.9. The number of carbonyl (C=O) groups excluding carboxylic acids is 3. The van der Waals surface area contributed by atoms with Gasteiger partial charge in [0.25, 0.3) is 0 Å². The highest BCUT2D eigenvalue weighted by molar-refractivity contribution is 6.13. The van der Waals surface area contributed by atoms with Gasteiger partial charge in [-0.15, -0.1) is 12.4 Å². The summed E-state index contributed by atoms with van der Waals surface area (Å²) in [6.07, 6.45) is 8.39. The van der Waals surface area contributed by atoms with Crippen LogP contribution in [-0.4, -0.2) is 68.1 Å². The minimum Gasteiger partial charge on any atom is -0.462 e. The molecule has 10 heteroatoms. The van der Waals surface area contributed by atoms with Gasteiger partial charge in [0, 0.05) is 19.5 Å². The molecule has 1 aliphatic carbocycles. The second-order valence-electron chi connectivity index (χ2n) is 9.90. The minimum absolute atomic E-state index is 0. The number of hydrogen-bond donors (Lipinski definition) is 3.